The molecular formula is C18H18N4O5. The second kappa shape index (κ2) is 8.17. The third-order valence-corrected chi connectivity index (χ3v) is 3.99. The highest BCUT2D eigenvalue weighted by Gasteiger charge is 2.10. The smallest absolute Gasteiger partial charge is 0.408 e. The number of nitro benzene ring substituents is 1. The Kier molecular flexibility index (Phi) is 5.50. The Hall–Kier alpha value is -3.62. The summed E-state index contributed by atoms with van der Waals surface area (Å²) < 4.78 is 6.56. The first-order valence-corrected chi connectivity index (χ1v) is 8.38. The van der Waals surface area contributed by atoms with Gasteiger partial charge in [0.15, 0.2) is 5.58 Å². The van der Waals surface area contributed by atoms with E-state index in [0.717, 1.165) is 5.69 Å². The van der Waals surface area contributed by atoms with Gasteiger partial charge in [-0.2, -0.15) is 0 Å². The zero-order chi connectivity index (χ0) is 19.2. The normalized spacial score (nSPS) is 10.7. The van der Waals surface area contributed by atoms with E-state index in [2.05, 4.69) is 10.6 Å². The third-order valence-electron chi connectivity index (χ3n) is 3.99. The number of para-hydroxylation sites is 2. The van der Waals surface area contributed by atoms with Gasteiger partial charge in [0.2, 0.25) is 5.91 Å². The number of hydrogen-bond acceptors (Lipinski definition) is 6. The van der Waals surface area contributed by atoms with Crippen molar-refractivity contribution >= 4 is 28.4 Å². The molecule has 0 bridgehead atoms. The Morgan fingerprint density at radius 3 is 2.59 bits per heavy atom. The second-order valence-corrected chi connectivity index (χ2v) is 5.82. The molecule has 0 aliphatic heterocycles. The molecule has 0 radical (unpaired) electrons. The van der Waals surface area contributed by atoms with E-state index >= 15 is 0 Å². The molecule has 1 amide bonds. The number of nitrogens with one attached hydrogen (secondary N) is 2. The Bertz CT molecular complexity index is 1010. The molecule has 27 heavy (non-hydrogen) atoms. The lowest BCUT2D eigenvalue weighted by atomic mass is 10.3. The van der Waals surface area contributed by atoms with Gasteiger partial charge in [0.05, 0.1) is 10.4 Å². The number of nitrogens with zero attached hydrogens (tertiary/aromatic N) is 2. The predicted molar refractivity (Wildman–Crippen MR) is 99.7 cm³/mol. The minimum atomic E-state index is -0.483. The van der Waals surface area contributed by atoms with E-state index in [1.807, 2.05) is 0 Å². The molecule has 0 aliphatic rings. The fourth-order valence-electron chi connectivity index (χ4n) is 2.64. The maximum atomic E-state index is 12.0. The average Bonchev–Trinajstić information content (AvgIpc) is 2.99. The van der Waals surface area contributed by atoms with Gasteiger partial charge in [0.25, 0.3) is 5.69 Å². The molecule has 0 saturated carbocycles. The number of fused-ring (bicyclic) bond motifs is 1. The summed E-state index contributed by atoms with van der Waals surface area (Å²) in [5.41, 5.74) is 1.91. The molecular weight excluding hydrogens is 352 g/mol. The lowest BCUT2D eigenvalue weighted by molar-refractivity contribution is -0.384. The van der Waals surface area contributed by atoms with Crippen LogP contribution in [0.3, 0.4) is 0 Å². The number of hydrogen-bond donors (Lipinski definition) is 2. The molecule has 2 N–H and O–H groups in total. The van der Waals surface area contributed by atoms with E-state index in [-0.39, 0.29) is 24.6 Å². The number of anilines is 1. The molecule has 0 atom stereocenters. The quantitative estimate of drug-likeness (QED) is 0.356. The van der Waals surface area contributed by atoms with E-state index in [1.54, 1.807) is 36.4 Å². The van der Waals surface area contributed by atoms with E-state index in [0.29, 0.717) is 24.2 Å². The minimum Gasteiger partial charge on any atom is -0.408 e. The zero-order valence-corrected chi connectivity index (χ0v) is 14.4. The van der Waals surface area contributed by atoms with Crippen LogP contribution >= 0.6 is 0 Å². The van der Waals surface area contributed by atoms with Crippen LogP contribution in [-0.4, -0.2) is 28.5 Å². The van der Waals surface area contributed by atoms with Crippen molar-refractivity contribution in [2.75, 3.05) is 18.4 Å². The van der Waals surface area contributed by atoms with Crippen LogP contribution in [0.4, 0.5) is 11.4 Å². The van der Waals surface area contributed by atoms with E-state index < -0.39 is 10.7 Å². The average molecular weight is 370 g/mol. The highest BCUT2D eigenvalue weighted by molar-refractivity contribution is 5.76. The molecule has 3 rings (SSSR count). The summed E-state index contributed by atoms with van der Waals surface area (Å²) in [6.07, 6.45) is 0.154. The summed E-state index contributed by atoms with van der Waals surface area (Å²) in [5.74, 6) is -0.665. The van der Waals surface area contributed by atoms with Crippen LogP contribution in [0.1, 0.15) is 6.42 Å². The summed E-state index contributed by atoms with van der Waals surface area (Å²) in [6.45, 7) is 1.09. The maximum absolute atomic E-state index is 12.0. The van der Waals surface area contributed by atoms with Gasteiger partial charge in [-0.05, 0) is 24.3 Å². The molecule has 2 aromatic carbocycles. The number of carbonyl (C=O) groups is 1. The van der Waals surface area contributed by atoms with E-state index in [4.69, 9.17) is 4.42 Å². The molecule has 0 unspecified atom stereocenters. The lowest BCUT2D eigenvalue weighted by Gasteiger charge is -2.08. The maximum Gasteiger partial charge on any atom is 0.419 e. The third kappa shape index (κ3) is 4.51. The fraction of sp³-hybridized carbons (Fsp3) is 0.222. The van der Waals surface area contributed by atoms with Gasteiger partial charge in [-0.25, -0.2) is 4.79 Å². The largest absolute Gasteiger partial charge is 0.419 e. The molecule has 0 aliphatic carbocycles. The molecule has 140 valence electrons. The summed E-state index contributed by atoms with van der Waals surface area (Å²) in [6, 6.07) is 13.1. The summed E-state index contributed by atoms with van der Waals surface area (Å²) in [7, 11) is 0. The Morgan fingerprint density at radius 2 is 1.85 bits per heavy atom. The number of carbonyl (C=O) groups excluding carboxylic acids is 1. The lowest BCUT2D eigenvalue weighted by Crippen LogP contribution is -2.30. The highest BCUT2D eigenvalue weighted by Crippen LogP contribution is 2.15. The predicted octanol–water partition coefficient (Wildman–Crippen LogP) is 2.12. The van der Waals surface area contributed by atoms with Gasteiger partial charge < -0.3 is 15.1 Å². The van der Waals surface area contributed by atoms with E-state index in [1.165, 1.54) is 16.7 Å². The van der Waals surface area contributed by atoms with Crippen molar-refractivity contribution in [2.24, 2.45) is 0 Å². The number of aryl methyl sites for hydroxylation is 1. The Morgan fingerprint density at radius 1 is 1.11 bits per heavy atom. The van der Waals surface area contributed by atoms with Gasteiger partial charge >= 0.3 is 5.76 Å². The first-order chi connectivity index (χ1) is 13.0. The minimum absolute atomic E-state index is 0.0239. The molecule has 3 aromatic rings. The van der Waals surface area contributed by atoms with Gasteiger partial charge in [-0.15, -0.1) is 0 Å². The molecule has 1 heterocycles. The van der Waals surface area contributed by atoms with Crippen LogP contribution in [0.25, 0.3) is 11.1 Å². The van der Waals surface area contributed by atoms with E-state index in [9.17, 15) is 19.7 Å². The first kappa shape index (κ1) is 18.2. The molecule has 9 nitrogen and oxygen atoms in total. The standard InChI is InChI=1S/C18H18N4O5/c23-17(9-12-21-15-3-1-2-4-16(15)27-18(21)24)20-11-10-19-13-5-7-14(8-6-13)22(25)26/h1-8,19H,9-12H2,(H,20,23). The Labute approximate surface area is 153 Å². The van der Waals surface area contributed by atoms with Crippen LogP contribution in [0, 0.1) is 10.1 Å². The van der Waals surface area contributed by atoms with Crippen molar-refractivity contribution in [1.82, 2.24) is 9.88 Å². The summed E-state index contributed by atoms with van der Waals surface area (Å²) in [4.78, 5) is 33.9. The second-order valence-electron chi connectivity index (χ2n) is 5.82. The summed E-state index contributed by atoms with van der Waals surface area (Å²) in [5, 5.41) is 16.4. The number of aromatic nitrogens is 1. The SMILES string of the molecule is O=C(CCn1c(=O)oc2ccccc21)NCCNc1ccc([N+](=O)[O-])cc1. The van der Waals surface area contributed by atoms with Gasteiger partial charge in [-0.1, -0.05) is 12.1 Å². The van der Waals surface area contributed by atoms with Crippen molar-refractivity contribution in [2.45, 2.75) is 13.0 Å². The topological polar surface area (TPSA) is 119 Å². The number of oxazole rings is 1. The monoisotopic (exact) mass is 370 g/mol. The first-order valence-electron chi connectivity index (χ1n) is 8.38. The number of benzene rings is 2. The number of non-ortho nitro benzene ring substituents is 1. The zero-order valence-electron chi connectivity index (χ0n) is 14.4. The van der Waals surface area contributed by atoms with Crippen molar-refractivity contribution in [1.29, 1.82) is 0 Å². The van der Waals surface area contributed by atoms with Gasteiger partial charge in [0, 0.05) is 43.9 Å². The van der Waals surface area contributed by atoms with Gasteiger partial charge in [0.1, 0.15) is 0 Å². The molecule has 1 aromatic heterocycles. The number of amides is 1. The van der Waals surface area contributed by atoms with Crippen molar-refractivity contribution in [3.63, 3.8) is 0 Å². The van der Waals surface area contributed by atoms with Crippen LogP contribution in [0.2, 0.25) is 0 Å². The molecule has 0 spiro atoms. The van der Waals surface area contributed by atoms with Crippen molar-refractivity contribution in [3.8, 4) is 0 Å². The fourth-order valence-corrected chi connectivity index (χ4v) is 2.64. The van der Waals surface area contributed by atoms with Crippen molar-refractivity contribution < 1.29 is 14.1 Å². The Balaban J connectivity index is 1.42. The number of nitro groups is 1. The summed E-state index contributed by atoms with van der Waals surface area (Å²) >= 11 is 0. The molecule has 0 fully saturated rings. The molecule has 9 heteroatoms. The van der Waals surface area contributed by atoms with Crippen LogP contribution < -0.4 is 16.4 Å². The number of rotatable bonds is 8. The van der Waals surface area contributed by atoms with Crippen LogP contribution in [0.15, 0.2) is 57.7 Å². The molecule has 0 saturated heterocycles. The van der Waals surface area contributed by atoms with Crippen LogP contribution in [-0.2, 0) is 11.3 Å². The van der Waals surface area contributed by atoms with Gasteiger partial charge in [-0.3, -0.25) is 19.5 Å². The van der Waals surface area contributed by atoms with Crippen molar-refractivity contribution in [3.05, 3.63) is 69.2 Å². The highest BCUT2D eigenvalue weighted by atomic mass is 16.6. The van der Waals surface area contributed by atoms with Crippen LogP contribution in [0.5, 0.6) is 0 Å².